The number of likely N-dealkylation sites (tertiary alicyclic amines) is 2. The van der Waals surface area contributed by atoms with Gasteiger partial charge in [0, 0.05) is 37.3 Å². The average molecular weight is 644 g/mol. The quantitative estimate of drug-likeness (QED) is 0.393. The molecule has 0 saturated carbocycles. The van der Waals surface area contributed by atoms with Crippen molar-refractivity contribution in [3.63, 3.8) is 0 Å². The molecule has 4 amide bonds. The summed E-state index contributed by atoms with van der Waals surface area (Å²) in [5.74, 6) is 0.496. The number of benzene rings is 2. The van der Waals surface area contributed by atoms with Crippen LogP contribution in [0.1, 0.15) is 92.3 Å². The fraction of sp³-hybridized carbons (Fsp3) is 0.568. The van der Waals surface area contributed by atoms with Crippen LogP contribution in [0.3, 0.4) is 0 Å². The van der Waals surface area contributed by atoms with E-state index in [1.54, 1.807) is 4.90 Å². The molecule has 0 aliphatic carbocycles. The lowest BCUT2D eigenvalue weighted by atomic mass is 9.87. The number of fused-ring (bicyclic) bond motifs is 1. The molecule has 1 unspecified atom stereocenters. The van der Waals surface area contributed by atoms with Gasteiger partial charge in [-0.2, -0.15) is 0 Å². The lowest BCUT2D eigenvalue weighted by Gasteiger charge is -2.38. The first kappa shape index (κ1) is 33.2. The summed E-state index contributed by atoms with van der Waals surface area (Å²) >= 11 is 0. The van der Waals surface area contributed by atoms with Crippen molar-refractivity contribution in [1.82, 2.24) is 20.0 Å². The van der Waals surface area contributed by atoms with Crippen molar-refractivity contribution < 1.29 is 23.9 Å². The third kappa shape index (κ3) is 8.40. The zero-order chi connectivity index (χ0) is 33.1. The standard InChI is InChI=1S/C37H49N5O5/c1-37(2,3)47-36(46)38-30-7-4-25(5-8-30)12-17-40-18-13-26(14-19-40)23-41-20-15-27(16-21-41)28-6-9-31-29(22-28)24-42(35(31)45)32-10-11-33(43)39-34(32)44/h4-9,22,26-27,32H,10-21,23-24H2,1-3H3,(H,38,46)(H,39,43,44). The highest BCUT2D eigenvalue weighted by Gasteiger charge is 2.39. The van der Waals surface area contributed by atoms with Gasteiger partial charge in [-0.1, -0.05) is 24.3 Å². The second-order valence-corrected chi connectivity index (χ2v) is 14.8. The Labute approximate surface area is 278 Å². The van der Waals surface area contributed by atoms with Crippen molar-refractivity contribution in [3.8, 4) is 0 Å². The van der Waals surface area contributed by atoms with E-state index in [4.69, 9.17) is 4.74 Å². The van der Waals surface area contributed by atoms with Crippen LogP contribution in [0, 0.1) is 5.92 Å². The minimum atomic E-state index is -0.570. The summed E-state index contributed by atoms with van der Waals surface area (Å²) in [6.07, 6.45) is 5.94. The Morgan fingerprint density at radius 2 is 1.62 bits per heavy atom. The highest BCUT2D eigenvalue weighted by molar-refractivity contribution is 6.05. The zero-order valence-electron chi connectivity index (χ0n) is 28.1. The smallest absolute Gasteiger partial charge is 0.412 e. The Bertz CT molecular complexity index is 1470. The molecule has 252 valence electrons. The van der Waals surface area contributed by atoms with E-state index in [1.807, 2.05) is 39.0 Å². The summed E-state index contributed by atoms with van der Waals surface area (Å²) in [6.45, 7) is 12.7. The third-order valence-electron chi connectivity index (χ3n) is 10.1. The molecule has 47 heavy (non-hydrogen) atoms. The maximum atomic E-state index is 13.1. The highest BCUT2D eigenvalue weighted by Crippen LogP contribution is 2.34. The SMILES string of the molecule is CC(C)(C)OC(=O)Nc1ccc(CCN2CCC(CN3CCC(c4ccc5c(c4)CN(C4CCC(=O)NC4=O)C5=O)CC3)CC2)cc1. The lowest BCUT2D eigenvalue weighted by Crippen LogP contribution is -2.52. The molecule has 3 saturated heterocycles. The molecule has 0 aromatic heterocycles. The molecular formula is C37H49N5O5. The van der Waals surface area contributed by atoms with Gasteiger partial charge in [-0.25, -0.2) is 4.79 Å². The van der Waals surface area contributed by atoms with Gasteiger partial charge in [-0.15, -0.1) is 0 Å². The van der Waals surface area contributed by atoms with Gasteiger partial charge < -0.3 is 19.4 Å². The molecule has 0 radical (unpaired) electrons. The van der Waals surface area contributed by atoms with Crippen molar-refractivity contribution in [1.29, 1.82) is 0 Å². The third-order valence-corrected chi connectivity index (χ3v) is 10.1. The zero-order valence-corrected chi connectivity index (χ0v) is 28.1. The number of nitrogens with one attached hydrogen (secondary N) is 2. The topological polar surface area (TPSA) is 111 Å². The van der Waals surface area contributed by atoms with E-state index in [9.17, 15) is 19.2 Å². The van der Waals surface area contributed by atoms with E-state index >= 15 is 0 Å². The molecule has 2 N–H and O–H groups in total. The van der Waals surface area contributed by atoms with Crippen LogP contribution in [0.5, 0.6) is 0 Å². The van der Waals surface area contributed by atoms with Crippen molar-refractivity contribution in [3.05, 3.63) is 64.7 Å². The number of amides is 4. The van der Waals surface area contributed by atoms with Crippen LogP contribution < -0.4 is 10.6 Å². The number of anilines is 1. The van der Waals surface area contributed by atoms with E-state index in [0.717, 1.165) is 69.2 Å². The second-order valence-electron chi connectivity index (χ2n) is 14.8. The fourth-order valence-electron chi connectivity index (χ4n) is 7.52. The van der Waals surface area contributed by atoms with Gasteiger partial charge >= 0.3 is 6.09 Å². The summed E-state index contributed by atoms with van der Waals surface area (Å²) in [4.78, 5) is 55.9. The van der Waals surface area contributed by atoms with E-state index in [-0.39, 0.29) is 24.1 Å². The number of rotatable bonds is 8. The molecule has 10 heteroatoms. The summed E-state index contributed by atoms with van der Waals surface area (Å²) in [6, 6.07) is 13.7. The number of carbonyl (C=O) groups is 4. The van der Waals surface area contributed by atoms with E-state index < -0.39 is 17.7 Å². The van der Waals surface area contributed by atoms with Crippen LogP contribution >= 0.6 is 0 Å². The Hall–Kier alpha value is -3.76. The molecule has 4 heterocycles. The summed E-state index contributed by atoms with van der Waals surface area (Å²) in [5, 5.41) is 5.18. The van der Waals surface area contributed by atoms with Gasteiger partial charge in [-0.05, 0) is 132 Å². The maximum Gasteiger partial charge on any atom is 0.412 e. The number of ether oxygens (including phenoxy) is 1. The predicted molar refractivity (Wildman–Crippen MR) is 180 cm³/mol. The van der Waals surface area contributed by atoms with Gasteiger partial charge in [0.1, 0.15) is 11.6 Å². The van der Waals surface area contributed by atoms with Gasteiger partial charge in [0.05, 0.1) is 0 Å². The number of imide groups is 1. The normalized spacial score (nSPS) is 21.9. The second kappa shape index (κ2) is 14.2. The van der Waals surface area contributed by atoms with Crippen LogP contribution in [-0.4, -0.2) is 89.4 Å². The van der Waals surface area contributed by atoms with Crippen LogP contribution in [-0.2, 0) is 27.3 Å². The van der Waals surface area contributed by atoms with Crippen LogP contribution in [0.2, 0.25) is 0 Å². The van der Waals surface area contributed by atoms with Crippen LogP contribution in [0.15, 0.2) is 42.5 Å². The predicted octanol–water partition coefficient (Wildman–Crippen LogP) is 4.93. The van der Waals surface area contributed by atoms with Crippen molar-refractivity contribution >= 4 is 29.5 Å². The molecule has 3 fully saturated rings. The van der Waals surface area contributed by atoms with E-state index in [1.165, 1.54) is 30.5 Å². The first-order valence-corrected chi connectivity index (χ1v) is 17.3. The molecule has 1 atom stereocenters. The van der Waals surface area contributed by atoms with Gasteiger partial charge in [0.2, 0.25) is 11.8 Å². The number of hydrogen-bond acceptors (Lipinski definition) is 7. The first-order chi connectivity index (χ1) is 22.5. The van der Waals surface area contributed by atoms with E-state index in [2.05, 4.69) is 44.7 Å². The lowest BCUT2D eigenvalue weighted by molar-refractivity contribution is -0.136. The molecule has 4 aliphatic rings. The Morgan fingerprint density at radius 3 is 2.30 bits per heavy atom. The largest absolute Gasteiger partial charge is 0.444 e. The van der Waals surface area contributed by atoms with Gasteiger partial charge in [-0.3, -0.25) is 25.0 Å². The first-order valence-electron chi connectivity index (χ1n) is 17.3. The summed E-state index contributed by atoms with van der Waals surface area (Å²) in [5.41, 5.74) is 4.48. The summed E-state index contributed by atoms with van der Waals surface area (Å²) in [7, 11) is 0. The van der Waals surface area contributed by atoms with Crippen LogP contribution in [0.25, 0.3) is 0 Å². The molecule has 2 aromatic rings. The van der Waals surface area contributed by atoms with E-state index in [0.29, 0.717) is 24.4 Å². The number of hydrogen-bond donors (Lipinski definition) is 2. The molecule has 4 aliphatic heterocycles. The van der Waals surface area contributed by atoms with Gasteiger partial charge in [0.25, 0.3) is 5.91 Å². The minimum Gasteiger partial charge on any atom is -0.444 e. The van der Waals surface area contributed by atoms with Crippen molar-refractivity contribution in [2.45, 2.75) is 89.8 Å². The number of nitrogens with zero attached hydrogens (tertiary/aromatic N) is 3. The molecular weight excluding hydrogens is 594 g/mol. The number of piperidine rings is 3. The Balaban J connectivity index is 0.900. The maximum absolute atomic E-state index is 13.1. The fourth-order valence-corrected chi connectivity index (χ4v) is 7.52. The van der Waals surface area contributed by atoms with Crippen molar-refractivity contribution in [2.75, 3.05) is 44.6 Å². The van der Waals surface area contributed by atoms with Gasteiger partial charge in [0.15, 0.2) is 0 Å². The molecule has 0 bridgehead atoms. The molecule has 6 rings (SSSR count). The number of carbonyl (C=O) groups excluding carboxylic acids is 4. The molecule has 0 spiro atoms. The minimum absolute atomic E-state index is 0.106. The average Bonchev–Trinajstić information content (AvgIpc) is 3.36. The molecule has 10 nitrogen and oxygen atoms in total. The Morgan fingerprint density at radius 1 is 0.915 bits per heavy atom. The van der Waals surface area contributed by atoms with Crippen molar-refractivity contribution in [2.24, 2.45) is 5.92 Å². The highest BCUT2D eigenvalue weighted by atomic mass is 16.6. The Kier molecular flexibility index (Phi) is 9.98. The molecule has 2 aromatic carbocycles. The van der Waals surface area contributed by atoms with Crippen LogP contribution in [0.4, 0.5) is 10.5 Å². The summed E-state index contributed by atoms with van der Waals surface area (Å²) < 4.78 is 5.33. The monoisotopic (exact) mass is 643 g/mol.